The maximum atomic E-state index is 4.67. The van der Waals surface area contributed by atoms with Crippen molar-refractivity contribution < 1.29 is 0 Å². The Balaban J connectivity index is 2.51. The summed E-state index contributed by atoms with van der Waals surface area (Å²) in [5, 5.41) is 0. The van der Waals surface area contributed by atoms with Crippen LogP contribution in [-0.4, -0.2) is 19.4 Å². The lowest BCUT2D eigenvalue weighted by molar-refractivity contribution is 0.833. The molecule has 3 aromatic heterocycles. The Bertz CT molecular complexity index is 744. The zero-order chi connectivity index (χ0) is 12.9. The van der Waals surface area contributed by atoms with Gasteiger partial charge in [0.2, 0.25) is 0 Å². The highest BCUT2D eigenvalue weighted by molar-refractivity contribution is 9.11. The number of aryl methyl sites for hydroxylation is 3. The summed E-state index contributed by atoms with van der Waals surface area (Å²) in [7, 11) is 0. The van der Waals surface area contributed by atoms with Gasteiger partial charge < -0.3 is 0 Å². The topological polar surface area (TPSA) is 43.1 Å². The van der Waals surface area contributed by atoms with Crippen molar-refractivity contribution in [2.45, 2.75) is 33.6 Å². The largest absolute Gasteiger partial charge is 0.276 e. The van der Waals surface area contributed by atoms with Crippen molar-refractivity contribution in [3.05, 3.63) is 21.1 Å². The number of hydrogen-bond acceptors (Lipinski definition) is 4. The van der Waals surface area contributed by atoms with Crippen LogP contribution < -0.4 is 0 Å². The van der Waals surface area contributed by atoms with E-state index in [1.54, 1.807) is 11.3 Å². The molecule has 0 aliphatic heterocycles. The molecule has 0 bridgehead atoms. The van der Waals surface area contributed by atoms with Crippen LogP contribution in [0.5, 0.6) is 0 Å². The van der Waals surface area contributed by atoms with Crippen LogP contribution in [0.1, 0.15) is 30.6 Å². The molecule has 0 amide bonds. The van der Waals surface area contributed by atoms with Gasteiger partial charge in [0.15, 0.2) is 14.4 Å². The SMILES string of the molecule is CCCc1nc(C)c2c(C)nc3sc(Br)nc3n12. The summed E-state index contributed by atoms with van der Waals surface area (Å²) in [6.45, 7) is 6.24. The molecule has 0 saturated carbocycles. The molecule has 18 heavy (non-hydrogen) atoms. The van der Waals surface area contributed by atoms with Gasteiger partial charge in [-0.15, -0.1) is 0 Å². The predicted molar refractivity (Wildman–Crippen MR) is 77.3 cm³/mol. The number of fused-ring (bicyclic) bond motifs is 3. The molecule has 3 aromatic rings. The molecule has 3 rings (SSSR count). The van der Waals surface area contributed by atoms with Crippen molar-refractivity contribution in [2.24, 2.45) is 0 Å². The van der Waals surface area contributed by atoms with Crippen molar-refractivity contribution in [3.8, 4) is 0 Å². The van der Waals surface area contributed by atoms with Gasteiger partial charge in [-0.05, 0) is 36.2 Å². The van der Waals surface area contributed by atoms with Crippen LogP contribution in [0.4, 0.5) is 0 Å². The second-order valence-corrected chi connectivity index (χ2v) is 6.59. The summed E-state index contributed by atoms with van der Waals surface area (Å²) < 4.78 is 3.03. The van der Waals surface area contributed by atoms with Gasteiger partial charge >= 0.3 is 0 Å². The Morgan fingerprint density at radius 1 is 1.17 bits per heavy atom. The minimum atomic E-state index is 0.866. The van der Waals surface area contributed by atoms with Gasteiger partial charge in [0.1, 0.15) is 5.82 Å². The van der Waals surface area contributed by atoms with E-state index >= 15 is 0 Å². The third-order valence-corrected chi connectivity index (χ3v) is 4.37. The van der Waals surface area contributed by atoms with Crippen molar-refractivity contribution in [1.82, 2.24) is 19.4 Å². The first-order chi connectivity index (χ1) is 8.61. The first kappa shape index (κ1) is 12.0. The van der Waals surface area contributed by atoms with E-state index in [1.165, 1.54) is 0 Å². The molecule has 0 fully saturated rings. The van der Waals surface area contributed by atoms with E-state index in [1.807, 2.05) is 13.8 Å². The zero-order valence-corrected chi connectivity index (χ0v) is 12.9. The van der Waals surface area contributed by atoms with Crippen molar-refractivity contribution in [3.63, 3.8) is 0 Å². The molecule has 0 radical (unpaired) electrons. The molecule has 0 spiro atoms. The summed E-state index contributed by atoms with van der Waals surface area (Å²) in [5.41, 5.74) is 4.07. The lowest BCUT2D eigenvalue weighted by Gasteiger charge is -2.03. The minimum absolute atomic E-state index is 0.866. The number of halogens is 1. The quantitative estimate of drug-likeness (QED) is 0.722. The molecule has 94 valence electrons. The summed E-state index contributed by atoms with van der Waals surface area (Å²) in [5.74, 6) is 1.08. The average Bonchev–Trinajstić information content (AvgIpc) is 2.80. The van der Waals surface area contributed by atoms with E-state index in [-0.39, 0.29) is 0 Å². The first-order valence-corrected chi connectivity index (χ1v) is 7.53. The summed E-state index contributed by atoms with van der Waals surface area (Å²) in [4.78, 5) is 14.8. The van der Waals surface area contributed by atoms with Gasteiger partial charge in [-0.25, -0.2) is 15.0 Å². The minimum Gasteiger partial charge on any atom is -0.276 e. The van der Waals surface area contributed by atoms with Crippen molar-refractivity contribution in [1.29, 1.82) is 0 Å². The van der Waals surface area contributed by atoms with Crippen LogP contribution in [0.25, 0.3) is 16.0 Å². The molecule has 4 nitrogen and oxygen atoms in total. The van der Waals surface area contributed by atoms with Gasteiger partial charge in [0.25, 0.3) is 0 Å². The average molecular weight is 325 g/mol. The van der Waals surface area contributed by atoms with Crippen LogP contribution in [-0.2, 0) is 6.42 Å². The summed E-state index contributed by atoms with van der Waals surface area (Å²) in [6.07, 6.45) is 2.04. The van der Waals surface area contributed by atoms with E-state index in [0.717, 1.165) is 50.0 Å². The second-order valence-electron chi connectivity index (χ2n) is 4.34. The van der Waals surface area contributed by atoms with Crippen LogP contribution in [0, 0.1) is 13.8 Å². The number of aromatic nitrogens is 4. The molecule has 0 aromatic carbocycles. The summed E-state index contributed by atoms with van der Waals surface area (Å²) in [6, 6.07) is 0. The first-order valence-electron chi connectivity index (χ1n) is 5.92. The van der Waals surface area contributed by atoms with Crippen LogP contribution in [0.2, 0.25) is 0 Å². The fourth-order valence-electron chi connectivity index (χ4n) is 2.33. The maximum absolute atomic E-state index is 4.67. The number of hydrogen-bond donors (Lipinski definition) is 0. The zero-order valence-electron chi connectivity index (χ0n) is 10.5. The molecule has 0 aliphatic rings. The highest BCUT2D eigenvalue weighted by atomic mass is 79.9. The summed E-state index contributed by atoms with van der Waals surface area (Å²) >= 11 is 5.00. The molecule has 0 aliphatic carbocycles. The molecule has 3 heterocycles. The maximum Gasteiger partial charge on any atom is 0.177 e. The number of thiazole rings is 1. The number of imidazole rings is 1. The van der Waals surface area contributed by atoms with Crippen molar-refractivity contribution in [2.75, 3.05) is 0 Å². The van der Waals surface area contributed by atoms with Crippen LogP contribution in [0.3, 0.4) is 0 Å². The lowest BCUT2D eigenvalue weighted by atomic mass is 10.3. The van der Waals surface area contributed by atoms with Crippen LogP contribution >= 0.6 is 27.3 Å². The second kappa shape index (κ2) is 4.28. The third kappa shape index (κ3) is 1.66. The molecule has 0 atom stereocenters. The van der Waals surface area contributed by atoms with Gasteiger partial charge in [0, 0.05) is 6.42 Å². The molecule has 6 heteroatoms. The van der Waals surface area contributed by atoms with Gasteiger partial charge in [-0.2, -0.15) is 0 Å². The Hall–Kier alpha value is -1.01. The monoisotopic (exact) mass is 324 g/mol. The van der Waals surface area contributed by atoms with E-state index in [4.69, 9.17) is 0 Å². The van der Waals surface area contributed by atoms with Gasteiger partial charge in [0.05, 0.1) is 16.9 Å². The Morgan fingerprint density at radius 2 is 1.89 bits per heavy atom. The van der Waals surface area contributed by atoms with Gasteiger partial charge in [-0.1, -0.05) is 18.3 Å². The van der Waals surface area contributed by atoms with E-state index in [9.17, 15) is 0 Å². The Labute approximate surface area is 117 Å². The highest BCUT2D eigenvalue weighted by Gasteiger charge is 2.16. The fraction of sp³-hybridized carbons (Fsp3) is 0.417. The smallest absolute Gasteiger partial charge is 0.177 e. The van der Waals surface area contributed by atoms with E-state index in [2.05, 4.69) is 42.2 Å². The Kier molecular flexibility index (Phi) is 2.86. The lowest BCUT2D eigenvalue weighted by Crippen LogP contribution is -1.99. The molecule has 0 saturated heterocycles. The Morgan fingerprint density at radius 3 is 2.61 bits per heavy atom. The standard InChI is InChI=1S/C12H13BrN4S/c1-4-5-8-14-6(2)9-7(3)15-11-10(17(8)9)16-12(13)18-11/h4-5H2,1-3H3. The fourth-order valence-corrected chi connectivity index (χ4v) is 3.66. The van der Waals surface area contributed by atoms with E-state index in [0.29, 0.717) is 0 Å². The molecular weight excluding hydrogens is 312 g/mol. The van der Waals surface area contributed by atoms with E-state index < -0.39 is 0 Å². The number of nitrogens with zero attached hydrogens (tertiary/aromatic N) is 4. The normalized spacial score (nSPS) is 11.8. The highest BCUT2D eigenvalue weighted by Crippen LogP contribution is 2.28. The molecule has 0 unspecified atom stereocenters. The molecule has 0 N–H and O–H groups in total. The molecular formula is C12H13BrN4S. The van der Waals surface area contributed by atoms with Crippen LogP contribution in [0.15, 0.2) is 3.92 Å². The third-order valence-electron chi connectivity index (χ3n) is 2.98. The van der Waals surface area contributed by atoms with Crippen molar-refractivity contribution >= 4 is 43.3 Å². The predicted octanol–water partition coefficient (Wildman–Crippen LogP) is 3.67. The van der Waals surface area contributed by atoms with Gasteiger partial charge in [-0.3, -0.25) is 4.40 Å². The number of rotatable bonds is 2.